The van der Waals surface area contributed by atoms with Gasteiger partial charge in [0.25, 0.3) is 0 Å². The van der Waals surface area contributed by atoms with Crippen molar-refractivity contribution in [3.8, 4) is 0 Å². The van der Waals surface area contributed by atoms with E-state index in [0.29, 0.717) is 6.42 Å². The van der Waals surface area contributed by atoms with Crippen molar-refractivity contribution in [2.45, 2.75) is 43.6 Å². The number of aliphatic hydroxyl groups is 1. The lowest BCUT2D eigenvalue weighted by Gasteiger charge is -2.19. The molecule has 0 fully saturated rings. The van der Waals surface area contributed by atoms with Crippen LogP contribution in [0.3, 0.4) is 0 Å². The number of thioether (sulfide) groups is 1. The Morgan fingerprint density at radius 2 is 1.52 bits per heavy atom. The third-order valence-corrected chi connectivity index (χ3v) is 4.49. The van der Waals surface area contributed by atoms with E-state index < -0.39 is 6.10 Å². The Labute approximate surface area is 132 Å². The summed E-state index contributed by atoms with van der Waals surface area (Å²) in [5.41, 5.74) is 3.65. The molecular formula is C19H24OS. The Morgan fingerprint density at radius 1 is 0.952 bits per heavy atom. The molecule has 1 atom stereocenters. The van der Waals surface area contributed by atoms with Gasteiger partial charge in [-0.25, -0.2) is 0 Å². The molecule has 1 N–H and O–H groups in total. The quantitative estimate of drug-likeness (QED) is 0.803. The van der Waals surface area contributed by atoms with E-state index in [9.17, 15) is 5.11 Å². The van der Waals surface area contributed by atoms with Gasteiger partial charge in [-0.05, 0) is 40.5 Å². The summed E-state index contributed by atoms with van der Waals surface area (Å²) in [7, 11) is 0. The first kappa shape index (κ1) is 16.1. The number of benzene rings is 2. The molecule has 21 heavy (non-hydrogen) atoms. The first-order valence-electron chi connectivity index (χ1n) is 7.31. The van der Waals surface area contributed by atoms with Gasteiger partial charge in [-0.1, -0.05) is 57.2 Å². The maximum absolute atomic E-state index is 10.4. The molecule has 0 saturated heterocycles. The van der Waals surface area contributed by atoms with Gasteiger partial charge in [-0.2, -0.15) is 0 Å². The van der Waals surface area contributed by atoms with Crippen LogP contribution in [0, 0.1) is 0 Å². The van der Waals surface area contributed by atoms with E-state index >= 15 is 0 Å². The van der Waals surface area contributed by atoms with Crippen molar-refractivity contribution in [1.29, 1.82) is 0 Å². The molecule has 2 rings (SSSR count). The normalized spacial score (nSPS) is 13.2. The van der Waals surface area contributed by atoms with Gasteiger partial charge >= 0.3 is 0 Å². The lowest BCUT2D eigenvalue weighted by Crippen LogP contribution is -2.11. The fourth-order valence-electron chi connectivity index (χ4n) is 2.31. The van der Waals surface area contributed by atoms with Crippen molar-refractivity contribution in [2.75, 3.05) is 6.26 Å². The molecule has 1 unspecified atom stereocenters. The molecular weight excluding hydrogens is 276 g/mol. The lowest BCUT2D eigenvalue weighted by molar-refractivity contribution is 0.178. The maximum Gasteiger partial charge on any atom is 0.0830 e. The minimum atomic E-state index is -0.443. The average molecular weight is 300 g/mol. The molecule has 0 spiro atoms. The zero-order chi connectivity index (χ0) is 15.5. The number of aliphatic hydroxyl groups excluding tert-OH is 1. The van der Waals surface area contributed by atoms with Crippen LogP contribution in [0.2, 0.25) is 0 Å². The maximum atomic E-state index is 10.4. The predicted molar refractivity (Wildman–Crippen MR) is 92.0 cm³/mol. The monoisotopic (exact) mass is 300 g/mol. The molecule has 0 aliphatic heterocycles. The summed E-state index contributed by atoms with van der Waals surface area (Å²) < 4.78 is 0. The van der Waals surface area contributed by atoms with Crippen LogP contribution < -0.4 is 0 Å². The Balaban J connectivity index is 2.06. The summed E-state index contributed by atoms with van der Waals surface area (Å²) in [4.78, 5) is 1.22. The fourth-order valence-corrected chi connectivity index (χ4v) is 2.72. The average Bonchev–Trinajstić information content (AvgIpc) is 2.47. The zero-order valence-electron chi connectivity index (χ0n) is 13.3. The van der Waals surface area contributed by atoms with E-state index in [0.717, 1.165) is 5.56 Å². The van der Waals surface area contributed by atoms with Crippen LogP contribution in [-0.4, -0.2) is 11.4 Å². The van der Waals surface area contributed by atoms with Crippen LogP contribution in [0.1, 0.15) is 43.6 Å². The van der Waals surface area contributed by atoms with Crippen LogP contribution in [0.15, 0.2) is 53.4 Å². The Morgan fingerprint density at radius 3 is 2.00 bits per heavy atom. The highest BCUT2D eigenvalue weighted by atomic mass is 32.2. The highest BCUT2D eigenvalue weighted by Crippen LogP contribution is 2.25. The van der Waals surface area contributed by atoms with Crippen LogP contribution in [0.5, 0.6) is 0 Å². The fraction of sp³-hybridized carbons (Fsp3) is 0.368. The van der Waals surface area contributed by atoms with Crippen LogP contribution >= 0.6 is 11.8 Å². The van der Waals surface area contributed by atoms with E-state index in [1.807, 2.05) is 12.1 Å². The number of rotatable bonds is 4. The summed E-state index contributed by atoms with van der Waals surface area (Å²) in [6.07, 6.45) is 2.27. The van der Waals surface area contributed by atoms with Crippen molar-refractivity contribution in [1.82, 2.24) is 0 Å². The second-order valence-corrected chi connectivity index (χ2v) is 7.32. The molecule has 0 saturated carbocycles. The van der Waals surface area contributed by atoms with Crippen LogP contribution in [0.4, 0.5) is 0 Å². The van der Waals surface area contributed by atoms with Gasteiger partial charge in [0.05, 0.1) is 6.10 Å². The highest BCUT2D eigenvalue weighted by Gasteiger charge is 2.14. The van der Waals surface area contributed by atoms with E-state index in [4.69, 9.17) is 0 Å². The van der Waals surface area contributed by atoms with Gasteiger partial charge in [0.1, 0.15) is 0 Å². The zero-order valence-corrected chi connectivity index (χ0v) is 14.1. The Bertz CT molecular complexity index is 564. The smallest absolute Gasteiger partial charge is 0.0830 e. The highest BCUT2D eigenvalue weighted by molar-refractivity contribution is 7.98. The van der Waals surface area contributed by atoms with E-state index in [2.05, 4.69) is 63.4 Å². The number of hydrogen-bond acceptors (Lipinski definition) is 2. The summed E-state index contributed by atoms with van der Waals surface area (Å²) in [5, 5.41) is 10.4. The molecule has 0 aliphatic rings. The standard InChI is InChI=1S/C19H24OS/c1-19(2,3)16-9-5-14(6-10-16)13-18(20)15-7-11-17(21-4)12-8-15/h5-12,18,20H,13H2,1-4H3. The SMILES string of the molecule is CSc1ccc(C(O)Cc2ccc(C(C)(C)C)cc2)cc1. The molecule has 0 amide bonds. The molecule has 2 aromatic rings. The molecule has 2 aromatic carbocycles. The van der Waals surface area contributed by atoms with Crippen molar-refractivity contribution < 1.29 is 5.11 Å². The summed E-state index contributed by atoms with van der Waals surface area (Å²) in [6.45, 7) is 6.64. The topological polar surface area (TPSA) is 20.2 Å². The van der Waals surface area contributed by atoms with Gasteiger partial charge < -0.3 is 5.11 Å². The van der Waals surface area contributed by atoms with Crippen molar-refractivity contribution >= 4 is 11.8 Å². The largest absolute Gasteiger partial charge is 0.388 e. The molecule has 0 aliphatic carbocycles. The first-order valence-corrected chi connectivity index (χ1v) is 8.54. The first-order chi connectivity index (χ1) is 9.90. The van der Waals surface area contributed by atoms with Crippen molar-refractivity contribution in [3.05, 3.63) is 65.2 Å². The third kappa shape index (κ3) is 4.36. The second-order valence-electron chi connectivity index (χ2n) is 6.44. The Hall–Kier alpha value is -1.25. The molecule has 112 valence electrons. The van der Waals surface area contributed by atoms with Gasteiger partial charge in [-0.3, -0.25) is 0 Å². The molecule has 0 bridgehead atoms. The lowest BCUT2D eigenvalue weighted by atomic mass is 9.86. The number of hydrogen-bond donors (Lipinski definition) is 1. The molecule has 0 heterocycles. The molecule has 0 radical (unpaired) electrons. The van der Waals surface area contributed by atoms with Crippen LogP contribution in [0.25, 0.3) is 0 Å². The third-order valence-electron chi connectivity index (χ3n) is 3.75. The summed E-state index contributed by atoms with van der Waals surface area (Å²) in [6, 6.07) is 16.7. The van der Waals surface area contributed by atoms with E-state index in [1.165, 1.54) is 16.0 Å². The summed E-state index contributed by atoms with van der Waals surface area (Å²) >= 11 is 1.72. The van der Waals surface area contributed by atoms with Crippen LogP contribution in [-0.2, 0) is 11.8 Å². The van der Waals surface area contributed by atoms with E-state index in [-0.39, 0.29) is 5.41 Å². The van der Waals surface area contributed by atoms with Gasteiger partial charge in [0.15, 0.2) is 0 Å². The molecule has 1 nitrogen and oxygen atoms in total. The van der Waals surface area contributed by atoms with Gasteiger partial charge in [0.2, 0.25) is 0 Å². The summed E-state index contributed by atoms with van der Waals surface area (Å²) in [5.74, 6) is 0. The minimum Gasteiger partial charge on any atom is -0.388 e. The van der Waals surface area contributed by atoms with E-state index in [1.54, 1.807) is 11.8 Å². The Kier molecular flexibility index (Phi) is 5.13. The van der Waals surface area contributed by atoms with Crippen molar-refractivity contribution in [2.24, 2.45) is 0 Å². The van der Waals surface area contributed by atoms with Gasteiger partial charge in [-0.15, -0.1) is 11.8 Å². The molecule has 0 aromatic heterocycles. The predicted octanol–water partition coefficient (Wildman–Crippen LogP) is 4.98. The molecule has 2 heteroatoms. The second kappa shape index (κ2) is 6.67. The minimum absolute atomic E-state index is 0.171. The van der Waals surface area contributed by atoms with Crippen molar-refractivity contribution in [3.63, 3.8) is 0 Å². The van der Waals surface area contributed by atoms with Gasteiger partial charge in [0, 0.05) is 11.3 Å².